The summed E-state index contributed by atoms with van der Waals surface area (Å²) in [5, 5.41) is 5.85. The first-order chi connectivity index (χ1) is 9.83. The van der Waals surface area contributed by atoms with E-state index < -0.39 is 18.8 Å². The molecule has 0 spiro atoms. The molecule has 112 valence electrons. The fourth-order valence-electron chi connectivity index (χ4n) is 1.44. The number of carbonyl (C=O) groups is 1. The van der Waals surface area contributed by atoms with Gasteiger partial charge in [0, 0.05) is 16.6 Å². The number of rotatable bonds is 3. The van der Waals surface area contributed by atoms with E-state index in [9.17, 15) is 18.0 Å². The Morgan fingerprint density at radius 3 is 2.57 bits per heavy atom. The summed E-state index contributed by atoms with van der Waals surface area (Å²) in [6, 6.07) is 5.98. The normalized spacial score (nSPS) is 11.2. The molecule has 1 aromatic heterocycles. The van der Waals surface area contributed by atoms with Crippen molar-refractivity contribution >= 4 is 28.2 Å². The van der Waals surface area contributed by atoms with E-state index in [-0.39, 0.29) is 5.13 Å². The van der Waals surface area contributed by atoms with Gasteiger partial charge in [0.05, 0.1) is 5.69 Å². The number of carbonyl (C=O) groups excluding carboxylic acids is 1. The fraction of sp³-hybridized carbons (Fsp3) is 0.167. The van der Waals surface area contributed by atoms with E-state index >= 15 is 0 Å². The van der Waals surface area contributed by atoms with Crippen LogP contribution in [-0.2, 0) is 0 Å². The molecule has 21 heavy (non-hydrogen) atoms. The highest BCUT2D eigenvalue weighted by Crippen LogP contribution is 2.25. The molecule has 0 saturated carbocycles. The monoisotopic (exact) mass is 316 g/mol. The first kappa shape index (κ1) is 15.1. The lowest BCUT2D eigenvalue weighted by molar-refractivity contribution is -0.122. The zero-order valence-corrected chi connectivity index (χ0v) is 11.4. The topological polar surface area (TPSA) is 80.0 Å². The van der Waals surface area contributed by atoms with Crippen molar-refractivity contribution in [3.63, 3.8) is 0 Å². The van der Waals surface area contributed by atoms with Crippen molar-refractivity contribution in [2.24, 2.45) is 0 Å². The first-order valence-corrected chi connectivity index (χ1v) is 6.64. The number of hydrogen-bond acceptors (Lipinski definition) is 4. The number of aromatic nitrogens is 1. The second-order valence-electron chi connectivity index (χ2n) is 4.08. The van der Waals surface area contributed by atoms with E-state index in [1.807, 2.05) is 0 Å². The van der Waals surface area contributed by atoms with Gasteiger partial charge in [-0.3, -0.25) is 5.32 Å². The number of nitrogen functional groups attached to an aromatic ring is 1. The number of amides is 2. The molecule has 4 N–H and O–H groups in total. The van der Waals surface area contributed by atoms with Crippen LogP contribution in [0.1, 0.15) is 0 Å². The summed E-state index contributed by atoms with van der Waals surface area (Å²) >= 11 is 1.11. The van der Waals surface area contributed by atoms with Crippen molar-refractivity contribution in [2.75, 3.05) is 17.6 Å². The van der Waals surface area contributed by atoms with E-state index in [0.29, 0.717) is 11.4 Å². The third-order valence-electron chi connectivity index (χ3n) is 2.38. The maximum atomic E-state index is 11.9. The van der Waals surface area contributed by atoms with Crippen molar-refractivity contribution in [1.82, 2.24) is 10.3 Å². The Kier molecular flexibility index (Phi) is 4.32. The van der Waals surface area contributed by atoms with Gasteiger partial charge >= 0.3 is 12.2 Å². The Labute approximate surface area is 122 Å². The van der Waals surface area contributed by atoms with Gasteiger partial charge in [-0.2, -0.15) is 13.2 Å². The molecular formula is C12H11F3N4OS. The SMILES string of the molecule is Nc1ccc(-c2csc(NC(=O)NCC(F)(F)F)n2)cc1. The summed E-state index contributed by atoms with van der Waals surface area (Å²) in [6.07, 6.45) is -4.45. The van der Waals surface area contributed by atoms with Crippen LogP contribution in [0.25, 0.3) is 11.3 Å². The van der Waals surface area contributed by atoms with Crippen LogP contribution >= 0.6 is 11.3 Å². The van der Waals surface area contributed by atoms with Gasteiger partial charge in [0.1, 0.15) is 6.54 Å². The summed E-state index contributed by atoms with van der Waals surface area (Å²) in [6.45, 7) is -1.39. The van der Waals surface area contributed by atoms with E-state index in [4.69, 9.17) is 5.73 Å². The third-order valence-corrected chi connectivity index (χ3v) is 3.14. The minimum atomic E-state index is -4.45. The molecule has 1 aromatic carbocycles. The van der Waals surface area contributed by atoms with Crippen LogP contribution in [0, 0.1) is 0 Å². The summed E-state index contributed by atoms with van der Waals surface area (Å²) in [7, 11) is 0. The van der Waals surface area contributed by atoms with Crippen molar-refractivity contribution in [2.45, 2.75) is 6.18 Å². The second-order valence-corrected chi connectivity index (χ2v) is 4.94. The van der Waals surface area contributed by atoms with Crippen molar-refractivity contribution in [3.05, 3.63) is 29.6 Å². The molecule has 0 atom stereocenters. The lowest BCUT2D eigenvalue weighted by Crippen LogP contribution is -2.36. The van der Waals surface area contributed by atoms with Gasteiger partial charge in [0.2, 0.25) is 0 Å². The number of thiazole rings is 1. The highest BCUT2D eigenvalue weighted by Gasteiger charge is 2.27. The molecule has 5 nitrogen and oxygen atoms in total. The maximum Gasteiger partial charge on any atom is 0.405 e. The van der Waals surface area contributed by atoms with Gasteiger partial charge in [-0.15, -0.1) is 11.3 Å². The predicted molar refractivity (Wildman–Crippen MR) is 75.0 cm³/mol. The molecule has 1 heterocycles. The number of nitrogens with one attached hydrogen (secondary N) is 2. The molecule has 0 saturated heterocycles. The number of nitrogens with zero attached hydrogens (tertiary/aromatic N) is 1. The molecule has 0 aliphatic heterocycles. The van der Waals surface area contributed by atoms with E-state index in [2.05, 4.69) is 10.3 Å². The van der Waals surface area contributed by atoms with E-state index in [1.54, 1.807) is 35.0 Å². The molecule has 2 amide bonds. The van der Waals surface area contributed by atoms with Crippen LogP contribution in [0.15, 0.2) is 29.6 Å². The number of alkyl halides is 3. The van der Waals surface area contributed by atoms with Gasteiger partial charge < -0.3 is 11.1 Å². The summed E-state index contributed by atoms with van der Waals surface area (Å²) in [5.41, 5.74) is 7.58. The van der Waals surface area contributed by atoms with Crippen molar-refractivity contribution < 1.29 is 18.0 Å². The van der Waals surface area contributed by atoms with Crippen LogP contribution in [0.5, 0.6) is 0 Å². The molecule has 0 fully saturated rings. The quantitative estimate of drug-likeness (QED) is 0.761. The number of benzene rings is 1. The van der Waals surface area contributed by atoms with Gasteiger partial charge in [-0.05, 0) is 12.1 Å². The summed E-state index contributed by atoms with van der Waals surface area (Å²) < 4.78 is 35.8. The standard InChI is InChI=1S/C12H11F3N4OS/c13-12(14,15)6-17-10(20)19-11-18-9(5-21-11)7-1-3-8(16)4-2-7/h1-5H,6,16H2,(H2,17,18,19,20). The molecule has 0 bridgehead atoms. The van der Waals surface area contributed by atoms with Crippen molar-refractivity contribution in [1.29, 1.82) is 0 Å². The van der Waals surface area contributed by atoms with Crippen LogP contribution in [0.2, 0.25) is 0 Å². The first-order valence-electron chi connectivity index (χ1n) is 5.76. The van der Waals surface area contributed by atoms with Gasteiger partial charge in [-0.1, -0.05) is 12.1 Å². The smallest absolute Gasteiger partial charge is 0.399 e. The molecule has 0 aliphatic rings. The van der Waals surface area contributed by atoms with Crippen molar-refractivity contribution in [3.8, 4) is 11.3 Å². The Morgan fingerprint density at radius 1 is 1.29 bits per heavy atom. The van der Waals surface area contributed by atoms with Crippen LogP contribution in [0.4, 0.5) is 28.8 Å². The van der Waals surface area contributed by atoms with E-state index in [0.717, 1.165) is 16.9 Å². The predicted octanol–water partition coefficient (Wildman–Crippen LogP) is 3.08. The van der Waals surface area contributed by atoms with Crippen LogP contribution < -0.4 is 16.4 Å². The largest absolute Gasteiger partial charge is 0.405 e. The highest BCUT2D eigenvalue weighted by atomic mass is 32.1. The number of hydrogen-bond donors (Lipinski definition) is 3. The lowest BCUT2D eigenvalue weighted by atomic mass is 10.1. The maximum absolute atomic E-state index is 11.9. The zero-order valence-electron chi connectivity index (χ0n) is 10.6. The number of halogens is 3. The van der Waals surface area contributed by atoms with Gasteiger partial charge in [0.15, 0.2) is 5.13 Å². The van der Waals surface area contributed by atoms with Crippen LogP contribution in [-0.4, -0.2) is 23.7 Å². The molecule has 0 unspecified atom stereocenters. The molecule has 0 aliphatic carbocycles. The average molecular weight is 316 g/mol. The Balaban J connectivity index is 1.97. The third kappa shape index (κ3) is 4.63. The lowest BCUT2D eigenvalue weighted by Gasteiger charge is -2.07. The second kappa shape index (κ2) is 6.00. The molecule has 2 rings (SSSR count). The number of anilines is 2. The fourth-order valence-corrected chi connectivity index (χ4v) is 2.15. The molecule has 9 heteroatoms. The van der Waals surface area contributed by atoms with Gasteiger partial charge in [0.25, 0.3) is 0 Å². The summed E-state index contributed by atoms with van der Waals surface area (Å²) in [5.74, 6) is 0. The minimum Gasteiger partial charge on any atom is -0.399 e. The minimum absolute atomic E-state index is 0.210. The molecule has 0 radical (unpaired) electrons. The highest BCUT2D eigenvalue weighted by molar-refractivity contribution is 7.14. The number of urea groups is 1. The Hall–Kier alpha value is -2.29. The summed E-state index contributed by atoms with van der Waals surface area (Å²) in [4.78, 5) is 15.4. The Bertz CT molecular complexity index is 624. The molecule has 2 aromatic rings. The number of nitrogens with two attached hydrogens (primary N) is 1. The Morgan fingerprint density at radius 2 is 1.95 bits per heavy atom. The average Bonchev–Trinajstić information content (AvgIpc) is 2.85. The zero-order chi connectivity index (χ0) is 15.5. The van der Waals surface area contributed by atoms with Gasteiger partial charge in [-0.25, -0.2) is 9.78 Å². The molecular weight excluding hydrogens is 305 g/mol. The van der Waals surface area contributed by atoms with E-state index in [1.165, 1.54) is 0 Å². The van der Waals surface area contributed by atoms with Crippen LogP contribution in [0.3, 0.4) is 0 Å².